The Labute approximate surface area is 176 Å². The maximum Gasteiger partial charge on any atom is 0.372 e. The Hall–Kier alpha value is -3.61. The van der Waals surface area contributed by atoms with Crippen LogP contribution in [0.3, 0.4) is 0 Å². The summed E-state index contributed by atoms with van der Waals surface area (Å²) in [6.07, 6.45) is 0. The van der Waals surface area contributed by atoms with Gasteiger partial charge in [-0.15, -0.1) is 0 Å². The molecule has 0 aliphatic carbocycles. The number of carbonyl (C=O) groups excluding carboxylic acids is 3. The molecule has 0 heterocycles. The van der Waals surface area contributed by atoms with Crippen molar-refractivity contribution in [1.29, 1.82) is 10.8 Å². The minimum Gasteiger partial charge on any atom is -0.478 e. The van der Waals surface area contributed by atoms with Crippen molar-refractivity contribution in [2.75, 3.05) is 19.8 Å². The topological polar surface area (TPSA) is 185 Å². The fourth-order valence-corrected chi connectivity index (χ4v) is 2.59. The molecule has 1 aromatic carbocycles. The normalized spacial score (nSPS) is 10.9. The number of hydrogen-bond donors (Lipinski definition) is 6. The second kappa shape index (κ2) is 11.4. The molecule has 162 valence electrons. The summed E-state index contributed by atoms with van der Waals surface area (Å²) in [4.78, 5) is 48.3. The van der Waals surface area contributed by atoms with E-state index in [-0.39, 0.29) is 23.0 Å². The molecule has 30 heavy (non-hydrogen) atoms. The number of benzene rings is 1. The number of nitrogens with one attached hydrogen (secondary N) is 5. The lowest BCUT2D eigenvalue weighted by molar-refractivity contribution is -0.126. The molecule has 12 nitrogen and oxygen atoms in total. The van der Waals surface area contributed by atoms with E-state index in [0.29, 0.717) is 11.8 Å². The number of para-hydroxylation sites is 1. The smallest absolute Gasteiger partial charge is 0.372 e. The fourth-order valence-electron chi connectivity index (χ4n) is 1.90. The molecule has 13 heteroatoms. The number of nitrogens with zero attached hydrogens (tertiary/aromatic N) is 1. The van der Waals surface area contributed by atoms with Crippen LogP contribution in [0.1, 0.15) is 17.3 Å². The standard InChI is InChI=1S/C17H22N6O6S/c1-9(24)20-11(13(25)21-15(18)22-16(19)23(2)3)8-30-17(28)29-12-7-5-4-6-10(12)14(26)27/h4-7,11H,8H2,1-3H3,(H,20,24)(H,26,27)(H4,18,19,21,22,25). The van der Waals surface area contributed by atoms with Crippen molar-refractivity contribution >= 4 is 46.8 Å². The van der Waals surface area contributed by atoms with E-state index in [1.807, 2.05) is 0 Å². The van der Waals surface area contributed by atoms with Gasteiger partial charge in [0.25, 0.3) is 0 Å². The summed E-state index contributed by atoms with van der Waals surface area (Å²) >= 11 is 0.545. The van der Waals surface area contributed by atoms with E-state index < -0.39 is 35.1 Å². The van der Waals surface area contributed by atoms with Gasteiger partial charge in [-0.1, -0.05) is 12.1 Å². The third-order valence-electron chi connectivity index (χ3n) is 3.31. The molecule has 2 amide bonds. The van der Waals surface area contributed by atoms with Crippen LogP contribution in [0.15, 0.2) is 24.3 Å². The van der Waals surface area contributed by atoms with Gasteiger partial charge in [0, 0.05) is 26.8 Å². The van der Waals surface area contributed by atoms with Crippen molar-refractivity contribution < 1.29 is 29.0 Å². The predicted molar refractivity (Wildman–Crippen MR) is 110 cm³/mol. The molecule has 0 saturated carbocycles. The second-order valence-corrected chi connectivity index (χ2v) is 6.91. The summed E-state index contributed by atoms with van der Waals surface area (Å²) < 4.78 is 5.01. The van der Waals surface area contributed by atoms with Gasteiger partial charge in [-0.3, -0.25) is 31.0 Å². The molecule has 0 spiro atoms. The van der Waals surface area contributed by atoms with Gasteiger partial charge < -0.3 is 20.1 Å². The van der Waals surface area contributed by atoms with Gasteiger partial charge >= 0.3 is 11.3 Å². The van der Waals surface area contributed by atoms with Gasteiger partial charge in [-0.05, 0) is 23.9 Å². The number of guanidine groups is 2. The van der Waals surface area contributed by atoms with Gasteiger partial charge in [0.2, 0.25) is 17.8 Å². The molecule has 0 aromatic heterocycles. The number of amides is 2. The molecular formula is C17H22N6O6S. The lowest BCUT2D eigenvalue weighted by atomic mass is 10.2. The van der Waals surface area contributed by atoms with Crippen LogP contribution in [-0.2, 0) is 9.59 Å². The van der Waals surface area contributed by atoms with Crippen molar-refractivity contribution in [3.8, 4) is 5.75 Å². The Morgan fingerprint density at radius 1 is 1.17 bits per heavy atom. The van der Waals surface area contributed by atoms with E-state index in [1.54, 1.807) is 14.1 Å². The lowest BCUT2D eigenvalue weighted by Gasteiger charge is -2.19. The average Bonchev–Trinajstić information content (AvgIpc) is 2.64. The van der Waals surface area contributed by atoms with Gasteiger partial charge in [0.15, 0.2) is 5.96 Å². The van der Waals surface area contributed by atoms with Crippen LogP contribution in [0, 0.1) is 10.8 Å². The first-order valence-electron chi connectivity index (χ1n) is 8.37. The van der Waals surface area contributed by atoms with Crippen LogP contribution in [0.4, 0.5) is 4.79 Å². The number of carboxylic acid groups (broad SMARTS) is 1. The Balaban J connectivity index is 2.72. The van der Waals surface area contributed by atoms with Crippen molar-refractivity contribution in [2.24, 2.45) is 0 Å². The molecule has 0 radical (unpaired) electrons. The van der Waals surface area contributed by atoms with E-state index in [1.165, 1.54) is 36.1 Å². The highest BCUT2D eigenvalue weighted by Gasteiger charge is 2.23. The van der Waals surface area contributed by atoms with Crippen LogP contribution in [0.25, 0.3) is 0 Å². The summed E-state index contributed by atoms with van der Waals surface area (Å²) in [6.45, 7) is 1.18. The number of carbonyl (C=O) groups is 4. The Morgan fingerprint density at radius 3 is 2.37 bits per heavy atom. The summed E-state index contributed by atoms with van der Waals surface area (Å²) in [5.74, 6) is -3.63. The van der Waals surface area contributed by atoms with Crippen LogP contribution in [0.2, 0.25) is 0 Å². The Morgan fingerprint density at radius 2 is 1.80 bits per heavy atom. The highest BCUT2D eigenvalue weighted by atomic mass is 32.2. The second-order valence-electron chi connectivity index (χ2n) is 5.95. The zero-order valence-electron chi connectivity index (χ0n) is 16.4. The number of ether oxygens (including phenoxy) is 1. The van der Waals surface area contributed by atoms with E-state index in [9.17, 15) is 19.2 Å². The van der Waals surface area contributed by atoms with Crippen LogP contribution < -0.4 is 20.7 Å². The van der Waals surface area contributed by atoms with Crippen molar-refractivity contribution in [1.82, 2.24) is 20.9 Å². The van der Waals surface area contributed by atoms with Gasteiger partial charge in [0.05, 0.1) is 0 Å². The van der Waals surface area contributed by atoms with E-state index in [0.717, 1.165) is 0 Å². The van der Waals surface area contributed by atoms with Gasteiger partial charge in [-0.2, -0.15) is 0 Å². The fraction of sp³-hybridized carbons (Fsp3) is 0.294. The monoisotopic (exact) mass is 438 g/mol. The number of aromatic carboxylic acids is 1. The van der Waals surface area contributed by atoms with Crippen LogP contribution in [0.5, 0.6) is 5.75 Å². The quantitative estimate of drug-likeness (QED) is 0.206. The van der Waals surface area contributed by atoms with Crippen molar-refractivity contribution in [3.05, 3.63) is 29.8 Å². The number of thioether (sulfide) groups is 1. The lowest BCUT2D eigenvalue weighted by Crippen LogP contribution is -2.54. The van der Waals surface area contributed by atoms with Crippen LogP contribution in [-0.4, -0.2) is 70.9 Å². The number of rotatable bonds is 6. The third-order valence-corrected chi connectivity index (χ3v) is 4.13. The SMILES string of the molecule is CC(=O)NC(CSC(=O)Oc1ccccc1C(=O)O)C(=O)NC(=N)NC(=N)N(C)C. The summed E-state index contributed by atoms with van der Waals surface area (Å²) in [7, 11) is 3.13. The van der Waals surface area contributed by atoms with E-state index >= 15 is 0 Å². The molecular weight excluding hydrogens is 416 g/mol. The summed E-state index contributed by atoms with van der Waals surface area (Å²) in [5.41, 5.74) is -0.203. The van der Waals surface area contributed by atoms with Crippen molar-refractivity contribution in [2.45, 2.75) is 13.0 Å². The largest absolute Gasteiger partial charge is 0.478 e. The Bertz CT molecular complexity index is 859. The Kier molecular flexibility index (Phi) is 9.29. The molecule has 1 aromatic rings. The first-order chi connectivity index (χ1) is 14.0. The number of hydrogen-bond acceptors (Lipinski definition) is 8. The minimum atomic E-state index is -1.27. The average molecular weight is 438 g/mol. The third kappa shape index (κ3) is 8.18. The maximum atomic E-state index is 12.3. The zero-order chi connectivity index (χ0) is 22.8. The predicted octanol–water partition coefficient (Wildman–Crippen LogP) is 0.258. The zero-order valence-corrected chi connectivity index (χ0v) is 17.3. The molecule has 1 atom stereocenters. The molecule has 0 fully saturated rings. The first-order valence-corrected chi connectivity index (χ1v) is 9.36. The molecule has 6 N–H and O–H groups in total. The number of carboxylic acids is 1. The molecule has 0 bridgehead atoms. The molecule has 0 aliphatic rings. The molecule has 0 aliphatic heterocycles. The van der Waals surface area contributed by atoms with Crippen molar-refractivity contribution in [3.63, 3.8) is 0 Å². The first kappa shape index (κ1) is 24.4. The highest BCUT2D eigenvalue weighted by Crippen LogP contribution is 2.20. The van der Waals surface area contributed by atoms with E-state index in [4.69, 9.17) is 20.7 Å². The van der Waals surface area contributed by atoms with Gasteiger partial charge in [-0.25, -0.2) is 9.59 Å². The van der Waals surface area contributed by atoms with Crippen LogP contribution >= 0.6 is 11.8 Å². The maximum absolute atomic E-state index is 12.3. The summed E-state index contributed by atoms with van der Waals surface area (Å²) in [6, 6.07) is 4.37. The van der Waals surface area contributed by atoms with Gasteiger partial charge in [0.1, 0.15) is 17.4 Å². The molecule has 1 unspecified atom stereocenters. The molecule has 1 rings (SSSR count). The highest BCUT2D eigenvalue weighted by molar-refractivity contribution is 8.13. The molecule has 0 saturated heterocycles. The summed E-state index contributed by atoms with van der Waals surface area (Å²) in [5, 5.41) is 30.3. The minimum absolute atomic E-state index is 0.147. The van der Waals surface area contributed by atoms with E-state index in [2.05, 4.69) is 16.0 Å².